The summed E-state index contributed by atoms with van der Waals surface area (Å²) in [5.41, 5.74) is 0. The van der Waals surface area contributed by atoms with Crippen molar-refractivity contribution in [2.45, 2.75) is 76.1 Å². The van der Waals surface area contributed by atoms with E-state index in [0.29, 0.717) is 11.6 Å². The zero-order chi connectivity index (χ0) is 21.4. The first-order valence-corrected chi connectivity index (χ1v) is 11.7. The third-order valence-corrected chi connectivity index (χ3v) is 6.13. The number of nitrogens with zero attached hydrogens (tertiary/aromatic N) is 4. The molecule has 0 bridgehead atoms. The molecule has 29 heavy (non-hydrogen) atoms. The molecule has 1 aromatic rings. The van der Waals surface area contributed by atoms with E-state index in [1.165, 1.54) is 24.6 Å². The summed E-state index contributed by atoms with van der Waals surface area (Å²) in [6, 6.07) is -0.427. The Labute approximate surface area is 179 Å². The normalized spacial score (nSPS) is 17.2. The Morgan fingerprint density at radius 3 is 2.41 bits per heavy atom. The van der Waals surface area contributed by atoms with Crippen molar-refractivity contribution in [1.29, 1.82) is 0 Å². The molecule has 0 N–H and O–H groups in total. The Morgan fingerprint density at radius 2 is 1.86 bits per heavy atom. The highest BCUT2D eigenvalue weighted by Gasteiger charge is 2.34. The van der Waals surface area contributed by atoms with E-state index >= 15 is 0 Å². The third-order valence-electron chi connectivity index (χ3n) is 5.33. The molecule has 2 rings (SSSR count). The van der Waals surface area contributed by atoms with Gasteiger partial charge in [-0.1, -0.05) is 51.3 Å². The van der Waals surface area contributed by atoms with Crippen LogP contribution in [0.4, 0.5) is 0 Å². The number of rotatable bonds is 11. The SMILES string of the molecule is CC(C)CC(C(=O)c1nnc(SCC[N+](C)(C)C)o1)N(C=O)C1CCCCCC1. The van der Waals surface area contributed by atoms with Crippen molar-refractivity contribution >= 4 is 24.0 Å². The van der Waals surface area contributed by atoms with E-state index in [1.807, 2.05) is 0 Å². The lowest BCUT2D eigenvalue weighted by Crippen LogP contribution is -2.47. The molecule has 1 aromatic heterocycles. The molecular formula is C21H37N4O3S+. The van der Waals surface area contributed by atoms with Gasteiger partial charge in [0.2, 0.25) is 12.2 Å². The second kappa shape index (κ2) is 11.1. The summed E-state index contributed by atoms with van der Waals surface area (Å²) < 4.78 is 6.52. The molecule has 0 aliphatic heterocycles. The van der Waals surface area contributed by atoms with E-state index in [2.05, 4.69) is 45.2 Å². The van der Waals surface area contributed by atoms with E-state index in [0.717, 1.165) is 48.9 Å². The second-order valence-corrected chi connectivity index (χ2v) is 10.5. The zero-order valence-electron chi connectivity index (χ0n) is 18.6. The topological polar surface area (TPSA) is 76.3 Å². The van der Waals surface area contributed by atoms with Crippen LogP contribution in [0.1, 0.15) is 69.5 Å². The van der Waals surface area contributed by atoms with Gasteiger partial charge in [0.1, 0.15) is 6.04 Å². The van der Waals surface area contributed by atoms with Gasteiger partial charge < -0.3 is 13.8 Å². The number of aromatic nitrogens is 2. The van der Waals surface area contributed by atoms with Crippen molar-refractivity contribution < 1.29 is 18.5 Å². The van der Waals surface area contributed by atoms with E-state index in [1.54, 1.807) is 4.90 Å². The number of thioether (sulfide) groups is 1. The lowest BCUT2D eigenvalue weighted by molar-refractivity contribution is -0.867. The van der Waals surface area contributed by atoms with Gasteiger partial charge in [0, 0.05) is 6.04 Å². The second-order valence-electron chi connectivity index (χ2n) is 9.44. The summed E-state index contributed by atoms with van der Waals surface area (Å²) in [7, 11) is 6.38. The lowest BCUT2D eigenvalue weighted by Gasteiger charge is -2.34. The minimum absolute atomic E-state index is 0.0175. The number of amides is 1. The summed E-state index contributed by atoms with van der Waals surface area (Å²) in [4.78, 5) is 27.0. The van der Waals surface area contributed by atoms with Crippen molar-refractivity contribution in [3.63, 3.8) is 0 Å². The van der Waals surface area contributed by atoms with Gasteiger partial charge in [0.25, 0.3) is 11.1 Å². The number of carbonyl (C=O) groups excluding carboxylic acids is 2. The minimum atomic E-state index is -0.542. The maximum atomic E-state index is 13.2. The standard InChI is InChI=1S/C21H37N4O3S/c1-16(2)14-18(24(15-26)17-10-8-6-7-9-11-17)19(27)20-22-23-21(28-20)29-13-12-25(3,4)5/h15-18H,6-14H2,1-5H3/q+1. The summed E-state index contributed by atoms with van der Waals surface area (Å²) in [6.45, 7) is 5.08. The van der Waals surface area contributed by atoms with E-state index in [4.69, 9.17) is 4.42 Å². The van der Waals surface area contributed by atoms with Gasteiger partial charge >= 0.3 is 0 Å². The Kier molecular flexibility index (Phi) is 9.14. The van der Waals surface area contributed by atoms with Crippen molar-refractivity contribution in [3.8, 4) is 0 Å². The summed E-state index contributed by atoms with van der Waals surface area (Å²) in [6.07, 6.45) is 7.96. The molecule has 0 saturated heterocycles. The van der Waals surface area contributed by atoms with Crippen LogP contribution < -0.4 is 0 Å². The smallest absolute Gasteiger partial charge is 0.286 e. The molecular weight excluding hydrogens is 388 g/mol. The quantitative estimate of drug-likeness (QED) is 0.177. The van der Waals surface area contributed by atoms with Crippen LogP contribution in [0.25, 0.3) is 0 Å². The highest BCUT2D eigenvalue weighted by molar-refractivity contribution is 7.99. The predicted molar refractivity (Wildman–Crippen MR) is 115 cm³/mol. The van der Waals surface area contributed by atoms with Crippen molar-refractivity contribution in [1.82, 2.24) is 15.1 Å². The van der Waals surface area contributed by atoms with Crippen molar-refractivity contribution in [2.24, 2.45) is 5.92 Å². The molecule has 0 aromatic carbocycles. The van der Waals surface area contributed by atoms with Crippen LogP contribution in [-0.4, -0.2) is 77.3 Å². The lowest BCUT2D eigenvalue weighted by atomic mass is 9.95. The first-order chi connectivity index (χ1) is 13.7. The van der Waals surface area contributed by atoms with Gasteiger partial charge in [-0.05, 0) is 25.2 Å². The number of carbonyl (C=O) groups is 2. The molecule has 1 saturated carbocycles. The van der Waals surface area contributed by atoms with Crippen molar-refractivity contribution in [2.75, 3.05) is 33.4 Å². The molecule has 1 heterocycles. The van der Waals surface area contributed by atoms with Crippen LogP contribution in [0.3, 0.4) is 0 Å². The van der Waals surface area contributed by atoms with E-state index < -0.39 is 6.04 Å². The first kappa shape index (κ1) is 23.9. The van der Waals surface area contributed by atoms with Crippen LogP contribution in [-0.2, 0) is 4.79 Å². The van der Waals surface area contributed by atoms with E-state index in [-0.39, 0.29) is 23.6 Å². The Hall–Kier alpha value is -1.41. The molecule has 1 atom stereocenters. The van der Waals surface area contributed by atoms with Crippen LogP contribution in [0.15, 0.2) is 9.64 Å². The van der Waals surface area contributed by atoms with Gasteiger partial charge in [-0.2, -0.15) is 0 Å². The monoisotopic (exact) mass is 425 g/mol. The average Bonchev–Trinajstić information content (AvgIpc) is 2.94. The van der Waals surface area contributed by atoms with Gasteiger partial charge in [-0.3, -0.25) is 9.59 Å². The van der Waals surface area contributed by atoms with Crippen LogP contribution >= 0.6 is 11.8 Å². The first-order valence-electron chi connectivity index (χ1n) is 10.7. The molecule has 8 heteroatoms. The highest BCUT2D eigenvalue weighted by atomic mass is 32.2. The van der Waals surface area contributed by atoms with Gasteiger partial charge in [0.05, 0.1) is 33.4 Å². The predicted octanol–water partition coefficient (Wildman–Crippen LogP) is 3.65. The number of hydrogen-bond donors (Lipinski definition) is 0. The van der Waals surface area contributed by atoms with Crippen LogP contribution in [0.2, 0.25) is 0 Å². The maximum absolute atomic E-state index is 13.2. The molecule has 0 spiro atoms. The van der Waals surface area contributed by atoms with Crippen molar-refractivity contribution in [3.05, 3.63) is 5.89 Å². The van der Waals surface area contributed by atoms with Gasteiger partial charge in [-0.15, -0.1) is 10.2 Å². The number of hydrogen-bond acceptors (Lipinski definition) is 6. The van der Waals surface area contributed by atoms with Crippen LogP contribution in [0.5, 0.6) is 0 Å². The average molecular weight is 426 g/mol. The fourth-order valence-corrected chi connectivity index (χ4v) is 4.75. The summed E-state index contributed by atoms with van der Waals surface area (Å²) in [5, 5.41) is 8.46. The third kappa shape index (κ3) is 7.74. The Morgan fingerprint density at radius 1 is 1.21 bits per heavy atom. The molecule has 7 nitrogen and oxygen atoms in total. The Balaban J connectivity index is 2.12. The molecule has 1 unspecified atom stereocenters. The highest BCUT2D eigenvalue weighted by Crippen LogP contribution is 2.27. The summed E-state index contributed by atoms with van der Waals surface area (Å²) >= 11 is 1.46. The maximum Gasteiger partial charge on any atom is 0.286 e. The molecule has 0 radical (unpaired) electrons. The molecule has 1 aliphatic carbocycles. The number of Topliss-reactive ketones (excluding diaryl/α,β-unsaturated/α-hetero) is 1. The molecule has 1 fully saturated rings. The molecule has 1 amide bonds. The fraction of sp³-hybridized carbons (Fsp3) is 0.810. The molecule has 1 aliphatic rings. The number of ketones is 1. The van der Waals surface area contributed by atoms with Gasteiger partial charge in [-0.25, -0.2) is 0 Å². The number of quaternary nitrogens is 1. The Bertz CT molecular complexity index is 649. The summed E-state index contributed by atoms with van der Waals surface area (Å²) in [5.74, 6) is 0.889. The zero-order valence-corrected chi connectivity index (χ0v) is 19.4. The minimum Gasteiger partial charge on any atom is -0.408 e. The fourth-order valence-electron chi connectivity index (χ4n) is 3.70. The van der Waals surface area contributed by atoms with Gasteiger partial charge in [0.15, 0.2) is 0 Å². The largest absolute Gasteiger partial charge is 0.408 e. The molecule has 164 valence electrons. The van der Waals surface area contributed by atoms with Crippen LogP contribution in [0, 0.1) is 5.92 Å². The van der Waals surface area contributed by atoms with E-state index in [9.17, 15) is 9.59 Å².